The Morgan fingerprint density at radius 3 is 2.40 bits per heavy atom. The molecular weight excluding hydrogens is 252 g/mol. The minimum Gasteiger partial charge on any atom is -0.354 e. The van der Waals surface area contributed by atoms with Gasteiger partial charge < -0.3 is 10.6 Å². The van der Waals surface area contributed by atoms with Crippen LogP contribution in [-0.4, -0.2) is 28.5 Å². The van der Waals surface area contributed by atoms with Gasteiger partial charge in [-0.1, -0.05) is 27.7 Å². The average molecular weight is 278 g/mol. The number of anilines is 1. The van der Waals surface area contributed by atoms with Crippen LogP contribution in [-0.2, 0) is 4.79 Å². The van der Waals surface area contributed by atoms with Crippen LogP contribution in [0.15, 0.2) is 6.07 Å². The normalized spacial score (nSPS) is 12.6. The van der Waals surface area contributed by atoms with E-state index in [0.717, 1.165) is 11.4 Å². The molecule has 0 fully saturated rings. The van der Waals surface area contributed by atoms with E-state index in [0.29, 0.717) is 24.3 Å². The maximum Gasteiger partial charge on any atom is 0.242 e. The Hall–Kier alpha value is -1.65. The Labute approximate surface area is 121 Å². The number of hydrogen-bond donors (Lipinski definition) is 2. The molecule has 0 saturated heterocycles. The monoisotopic (exact) mass is 278 g/mol. The lowest BCUT2D eigenvalue weighted by Gasteiger charge is -2.16. The summed E-state index contributed by atoms with van der Waals surface area (Å²) in [5, 5.41) is 5.96. The largest absolute Gasteiger partial charge is 0.354 e. The number of amides is 1. The molecule has 0 aliphatic carbocycles. The van der Waals surface area contributed by atoms with Gasteiger partial charge in [0.05, 0.1) is 0 Å². The van der Waals surface area contributed by atoms with Crippen molar-refractivity contribution in [2.24, 2.45) is 5.92 Å². The van der Waals surface area contributed by atoms with Crippen LogP contribution in [0.2, 0.25) is 0 Å². The maximum atomic E-state index is 11.9. The van der Waals surface area contributed by atoms with Crippen LogP contribution in [0.25, 0.3) is 0 Å². The topological polar surface area (TPSA) is 66.9 Å². The second-order valence-corrected chi connectivity index (χ2v) is 5.92. The van der Waals surface area contributed by atoms with E-state index in [1.54, 1.807) is 0 Å². The summed E-state index contributed by atoms with van der Waals surface area (Å²) in [7, 11) is 0. The molecule has 0 spiro atoms. The molecule has 5 heteroatoms. The lowest BCUT2D eigenvalue weighted by atomic mass is 10.1. The van der Waals surface area contributed by atoms with Gasteiger partial charge in [-0.25, -0.2) is 9.97 Å². The number of aromatic nitrogens is 2. The van der Waals surface area contributed by atoms with Gasteiger partial charge in [0.1, 0.15) is 6.04 Å². The number of carbonyl (C=O) groups excluding carboxylic acids is 1. The van der Waals surface area contributed by atoms with Gasteiger partial charge in [-0.05, 0) is 31.7 Å². The molecule has 1 aromatic rings. The average Bonchev–Trinajstić information content (AvgIpc) is 2.34. The van der Waals surface area contributed by atoms with Gasteiger partial charge in [-0.15, -0.1) is 0 Å². The number of carbonyl (C=O) groups is 1. The zero-order valence-corrected chi connectivity index (χ0v) is 13.3. The third kappa shape index (κ3) is 5.15. The zero-order chi connectivity index (χ0) is 15.3. The summed E-state index contributed by atoms with van der Waals surface area (Å²) in [4.78, 5) is 20.7. The van der Waals surface area contributed by atoms with Gasteiger partial charge in [0, 0.05) is 17.9 Å². The molecule has 0 aliphatic heterocycles. The SMILES string of the molecule is Cc1cc(C(C)C)nc(NC(C)C(=O)NCC(C)C)n1. The molecule has 0 aromatic carbocycles. The van der Waals surface area contributed by atoms with Crippen LogP contribution in [0, 0.1) is 12.8 Å². The van der Waals surface area contributed by atoms with Gasteiger partial charge >= 0.3 is 0 Å². The third-order valence-corrected chi connectivity index (χ3v) is 2.89. The number of aryl methyl sites for hydroxylation is 1. The summed E-state index contributed by atoms with van der Waals surface area (Å²) in [6.45, 7) is 12.7. The Balaban J connectivity index is 2.70. The fourth-order valence-electron chi connectivity index (χ4n) is 1.67. The second-order valence-electron chi connectivity index (χ2n) is 5.92. The summed E-state index contributed by atoms with van der Waals surface area (Å²) in [6.07, 6.45) is 0. The van der Waals surface area contributed by atoms with Crippen molar-refractivity contribution in [2.45, 2.75) is 53.5 Å². The van der Waals surface area contributed by atoms with Crippen molar-refractivity contribution in [2.75, 3.05) is 11.9 Å². The van der Waals surface area contributed by atoms with E-state index in [4.69, 9.17) is 0 Å². The van der Waals surface area contributed by atoms with E-state index in [1.807, 2.05) is 19.9 Å². The summed E-state index contributed by atoms with van der Waals surface area (Å²) in [5.74, 6) is 1.26. The van der Waals surface area contributed by atoms with Crippen molar-refractivity contribution in [1.82, 2.24) is 15.3 Å². The third-order valence-electron chi connectivity index (χ3n) is 2.89. The number of hydrogen-bond acceptors (Lipinski definition) is 4. The van der Waals surface area contributed by atoms with E-state index >= 15 is 0 Å². The van der Waals surface area contributed by atoms with Crippen molar-refractivity contribution in [3.8, 4) is 0 Å². The first kappa shape index (κ1) is 16.4. The van der Waals surface area contributed by atoms with Gasteiger partial charge in [-0.3, -0.25) is 4.79 Å². The Bertz CT molecular complexity index is 457. The molecule has 0 bridgehead atoms. The molecule has 5 nitrogen and oxygen atoms in total. The van der Waals surface area contributed by atoms with Crippen LogP contribution in [0.1, 0.15) is 51.9 Å². The Kier molecular flexibility index (Phi) is 5.92. The number of nitrogens with one attached hydrogen (secondary N) is 2. The van der Waals surface area contributed by atoms with Crippen molar-refractivity contribution in [1.29, 1.82) is 0 Å². The highest BCUT2D eigenvalue weighted by Crippen LogP contribution is 2.14. The second kappa shape index (κ2) is 7.22. The zero-order valence-electron chi connectivity index (χ0n) is 13.3. The quantitative estimate of drug-likeness (QED) is 0.839. The molecule has 0 radical (unpaired) electrons. The highest BCUT2D eigenvalue weighted by atomic mass is 16.2. The van der Waals surface area contributed by atoms with Crippen LogP contribution >= 0.6 is 0 Å². The molecule has 1 atom stereocenters. The Morgan fingerprint density at radius 2 is 1.85 bits per heavy atom. The predicted octanol–water partition coefficient (Wildman–Crippen LogP) is 2.48. The van der Waals surface area contributed by atoms with Crippen LogP contribution in [0.3, 0.4) is 0 Å². The summed E-state index contributed by atoms with van der Waals surface area (Å²) in [6, 6.07) is 1.62. The molecule has 1 unspecified atom stereocenters. The van der Waals surface area contributed by atoms with Crippen LogP contribution in [0.5, 0.6) is 0 Å². The predicted molar refractivity (Wildman–Crippen MR) is 81.8 cm³/mol. The van der Waals surface area contributed by atoms with Crippen molar-refractivity contribution >= 4 is 11.9 Å². The van der Waals surface area contributed by atoms with Gasteiger partial charge in [0.25, 0.3) is 0 Å². The lowest BCUT2D eigenvalue weighted by molar-refractivity contribution is -0.121. The highest BCUT2D eigenvalue weighted by molar-refractivity contribution is 5.83. The number of nitrogens with zero attached hydrogens (tertiary/aromatic N) is 2. The summed E-state index contributed by atoms with van der Waals surface area (Å²) < 4.78 is 0. The minimum absolute atomic E-state index is 0.0325. The van der Waals surface area contributed by atoms with E-state index in [2.05, 4.69) is 48.3 Å². The maximum absolute atomic E-state index is 11.9. The first-order chi connectivity index (χ1) is 9.29. The summed E-state index contributed by atoms with van der Waals surface area (Å²) in [5.41, 5.74) is 1.88. The fraction of sp³-hybridized carbons (Fsp3) is 0.667. The lowest BCUT2D eigenvalue weighted by Crippen LogP contribution is -2.39. The smallest absolute Gasteiger partial charge is 0.242 e. The van der Waals surface area contributed by atoms with Gasteiger partial charge in [0.15, 0.2) is 0 Å². The fourth-order valence-corrected chi connectivity index (χ4v) is 1.67. The molecule has 112 valence electrons. The molecule has 20 heavy (non-hydrogen) atoms. The van der Waals surface area contributed by atoms with Gasteiger partial charge in [0.2, 0.25) is 11.9 Å². The van der Waals surface area contributed by atoms with E-state index in [-0.39, 0.29) is 11.9 Å². The molecule has 1 rings (SSSR count). The highest BCUT2D eigenvalue weighted by Gasteiger charge is 2.15. The molecule has 1 heterocycles. The van der Waals surface area contributed by atoms with Crippen molar-refractivity contribution < 1.29 is 4.79 Å². The van der Waals surface area contributed by atoms with Crippen molar-refractivity contribution in [3.63, 3.8) is 0 Å². The molecule has 0 aliphatic rings. The minimum atomic E-state index is -0.351. The van der Waals surface area contributed by atoms with Crippen LogP contribution in [0.4, 0.5) is 5.95 Å². The van der Waals surface area contributed by atoms with Crippen LogP contribution < -0.4 is 10.6 Å². The molecule has 2 N–H and O–H groups in total. The molecular formula is C15H26N4O. The number of rotatable bonds is 6. The van der Waals surface area contributed by atoms with E-state index in [1.165, 1.54) is 0 Å². The van der Waals surface area contributed by atoms with E-state index in [9.17, 15) is 4.79 Å². The molecule has 1 amide bonds. The van der Waals surface area contributed by atoms with E-state index < -0.39 is 0 Å². The van der Waals surface area contributed by atoms with Crippen molar-refractivity contribution in [3.05, 3.63) is 17.5 Å². The molecule has 1 aromatic heterocycles. The first-order valence-electron chi connectivity index (χ1n) is 7.19. The first-order valence-corrected chi connectivity index (χ1v) is 7.19. The summed E-state index contributed by atoms with van der Waals surface area (Å²) >= 11 is 0. The standard InChI is InChI=1S/C15H26N4O/c1-9(2)8-16-14(20)12(6)18-15-17-11(5)7-13(19-15)10(3)4/h7,9-10,12H,8H2,1-6H3,(H,16,20)(H,17,18,19). The Morgan fingerprint density at radius 1 is 1.20 bits per heavy atom. The van der Waals surface area contributed by atoms with Gasteiger partial charge in [-0.2, -0.15) is 0 Å². The molecule has 0 saturated carbocycles.